The van der Waals surface area contributed by atoms with Gasteiger partial charge in [-0.1, -0.05) is 6.42 Å². The van der Waals surface area contributed by atoms with Crippen LogP contribution in [0, 0.1) is 5.82 Å². The summed E-state index contributed by atoms with van der Waals surface area (Å²) in [7, 11) is 0. The van der Waals surface area contributed by atoms with Gasteiger partial charge >= 0.3 is 0 Å². The highest BCUT2D eigenvalue weighted by atomic mass is 19.1. The number of pyridine rings is 1. The molecule has 0 aliphatic heterocycles. The van der Waals surface area contributed by atoms with Crippen molar-refractivity contribution in [2.24, 2.45) is 0 Å². The van der Waals surface area contributed by atoms with E-state index in [-0.39, 0.29) is 17.8 Å². The predicted molar refractivity (Wildman–Crippen MR) is 46.8 cm³/mol. The van der Waals surface area contributed by atoms with Crippen molar-refractivity contribution in [2.45, 2.75) is 31.3 Å². The molecule has 1 aliphatic rings. The molecule has 2 nitrogen and oxygen atoms in total. The maximum Gasteiger partial charge on any atom is 0.141 e. The van der Waals surface area contributed by atoms with E-state index in [1.54, 1.807) is 6.20 Å². The van der Waals surface area contributed by atoms with Crippen LogP contribution in [0.4, 0.5) is 4.39 Å². The second kappa shape index (κ2) is 3.42. The van der Waals surface area contributed by atoms with Crippen molar-refractivity contribution < 1.29 is 9.50 Å². The standard InChI is InChI=1S/C10H12FNO/c11-8-4-7(5-12-6-8)9-2-1-3-10(9)13/h4-6,9-10,13H,1-3H2/t9-,10+/m0/s1. The van der Waals surface area contributed by atoms with Crippen molar-refractivity contribution in [1.29, 1.82) is 0 Å². The van der Waals surface area contributed by atoms with Crippen molar-refractivity contribution in [3.63, 3.8) is 0 Å². The molecule has 1 fully saturated rings. The van der Waals surface area contributed by atoms with Crippen LogP contribution in [0.1, 0.15) is 30.7 Å². The van der Waals surface area contributed by atoms with Gasteiger partial charge in [0.15, 0.2) is 0 Å². The van der Waals surface area contributed by atoms with Crippen LogP contribution >= 0.6 is 0 Å². The van der Waals surface area contributed by atoms with Crippen LogP contribution in [0.2, 0.25) is 0 Å². The van der Waals surface area contributed by atoms with E-state index in [1.807, 2.05) is 0 Å². The van der Waals surface area contributed by atoms with E-state index in [4.69, 9.17) is 0 Å². The van der Waals surface area contributed by atoms with E-state index >= 15 is 0 Å². The third-order valence-electron chi connectivity index (χ3n) is 2.63. The lowest BCUT2D eigenvalue weighted by molar-refractivity contribution is 0.163. The molecule has 13 heavy (non-hydrogen) atoms. The summed E-state index contributed by atoms with van der Waals surface area (Å²) < 4.78 is 12.8. The summed E-state index contributed by atoms with van der Waals surface area (Å²) in [6.45, 7) is 0. The Morgan fingerprint density at radius 2 is 2.23 bits per heavy atom. The second-order valence-electron chi connectivity index (χ2n) is 3.54. The van der Waals surface area contributed by atoms with Gasteiger partial charge in [0.05, 0.1) is 12.3 Å². The van der Waals surface area contributed by atoms with Crippen LogP contribution in [0.3, 0.4) is 0 Å². The van der Waals surface area contributed by atoms with E-state index in [9.17, 15) is 9.50 Å². The van der Waals surface area contributed by atoms with E-state index < -0.39 is 0 Å². The summed E-state index contributed by atoms with van der Waals surface area (Å²) in [5.41, 5.74) is 0.824. The summed E-state index contributed by atoms with van der Waals surface area (Å²) >= 11 is 0. The highest BCUT2D eigenvalue weighted by molar-refractivity contribution is 5.18. The van der Waals surface area contributed by atoms with Crippen LogP contribution in [-0.4, -0.2) is 16.2 Å². The zero-order valence-corrected chi connectivity index (χ0v) is 7.28. The van der Waals surface area contributed by atoms with Crippen molar-refractivity contribution in [2.75, 3.05) is 0 Å². The molecule has 0 spiro atoms. The van der Waals surface area contributed by atoms with E-state index in [2.05, 4.69) is 4.98 Å². The number of hydrogen-bond acceptors (Lipinski definition) is 2. The molecule has 1 saturated carbocycles. The molecule has 0 amide bonds. The normalized spacial score (nSPS) is 27.8. The molecule has 0 aromatic carbocycles. The Morgan fingerprint density at radius 1 is 1.38 bits per heavy atom. The fourth-order valence-electron chi connectivity index (χ4n) is 1.96. The van der Waals surface area contributed by atoms with Gasteiger partial charge < -0.3 is 5.11 Å². The van der Waals surface area contributed by atoms with Crippen LogP contribution in [-0.2, 0) is 0 Å². The highest BCUT2D eigenvalue weighted by Crippen LogP contribution is 2.34. The van der Waals surface area contributed by atoms with Crippen molar-refractivity contribution in [1.82, 2.24) is 4.98 Å². The maximum absolute atomic E-state index is 12.8. The molecular formula is C10H12FNO. The molecule has 0 radical (unpaired) electrons. The number of aromatic nitrogens is 1. The topological polar surface area (TPSA) is 33.1 Å². The number of aliphatic hydroxyl groups is 1. The number of nitrogens with zero attached hydrogens (tertiary/aromatic N) is 1. The zero-order chi connectivity index (χ0) is 9.26. The van der Waals surface area contributed by atoms with Gasteiger partial charge in [0.1, 0.15) is 5.82 Å². The molecule has 1 aliphatic carbocycles. The third-order valence-corrected chi connectivity index (χ3v) is 2.63. The van der Waals surface area contributed by atoms with Gasteiger partial charge in [0, 0.05) is 12.1 Å². The minimum atomic E-state index is -0.323. The van der Waals surface area contributed by atoms with Crippen LogP contribution in [0.5, 0.6) is 0 Å². The van der Waals surface area contributed by atoms with Crippen molar-refractivity contribution >= 4 is 0 Å². The molecule has 70 valence electrons. The quantitative estimate of drug-likeness (QED) is 0.717. The molecule has 2 atom stereocenters. The molecule has 1 heterocycles. The molecule has 1 aromatic rings. The summed E-state index contributed by atoms with van der Waals surface area (Å²) in [4.78, 5) is 3.78. The molecule has 2 rings (SSSR count). The lowest BCUT2D eigenvalue weighted by atomic mass is 9.97. The molecule has 0 bridgehead atoms. The second-order valence-corrected chi connectivity index (χ2v) is 3.54. The molecule has 1 N–H and O–H groups in total. The summed E-state index contributed by atoms with van der Waals surface area (Å²) in [6.07, 6.45) is 5.28. The monoisotopic (exact) mass is 181 g/mol. The molecule has 1 aromatic heterocycles. The first kappa shape index (κ1) is 8.63. The minimum Gasteiger partial charge on any atom is -0.392 e. The molecule has 0 saturated heterocycles. The van der Waals surface area contributed by atoms with Gasteiger partial charge in [-0.15, -0.1) is 0 Å². The number of rotatable bonds is 1. The van der Waals surface area contributed by atoms with E-state index in [1.165, 1.54) is 12.3 Å². The average molecular weight is 181 g/mol. The van der Waals surface area contributed by atoms with Gasteiger partial charge in [-0.25, -0.2) is 4.39 Å². The van der Waals surface area contributed by atoms with Crippen molar-refractivity contribution in [3.8, 4) is 0 Å². The fourth-order valence-corrected chi connectivity index (χ4v) is 1.96. The van der Waals surface area contributed by atoms with Gasteiger partial charge in [0.25, 0.3) is 0 Å². The summed E-state index contributed by atoms with van der Waals surface area (Å²) in [6, 6.07) is 1.46. The SMILES string of the molecule is O[C@@H]1CCC[C@H]1c1cncc(F)c1. The predicted octanol–water partition coefficient (Wildman–Crippen LogP) is 1.85. The molecular weight excluding hydrogens is 169 g/mol. The number of aliphatic hydroxyl groups excluding tert-OH is 1. The van der Waals surface area contributed by atoms with Gasteiger partial charge in [-0.3, -0.25) is 4.98 Å². The van der Waals surface area contributed by atoms with Gasteiger partial charge in [-0.05, 0) is 24.5 Å². The lowest BCUT2D eigenvalue weighted by Gasteiger charge is -2.13. The first-order chi connectivity index (χ1) is 6.27. The van der Waals surface area contributed by atoms with Crippen LogP contribution in [0.25, 0.3) is 0 Å². The third kappa shape index (κ3) is 1.70. The molecule has 0 unspecified atom stereocenters. The Labute approximate surface area is 76.4 Å². The first-order valence-corrected chi connectivity index (χ1v) is 4.56. The Balaban J connectivity index is 2.24. The Kier molecular flexibility index (Phi) is 2.27. The Hall–Kier alpha value is -0.960. The number of hydrogen-bond donors (Lipinski definition) is 1. The average Bonchev–Trinajstić information content (AvgIpc) is 2.51. The maximum atomic E-state index is 12.8. The highest BCUT2D eigenvalue weighted by Gasteiger charge is 2.26. The Bertz CT molecular complexity index is 303. The summed E-state index contributed by atoms with van der Waals surface area (Å²) in [5.74, 6) is -0.236. The summed E-state index contributed by atoms with van der Waals surface area (Å²) in [5, 5.41) is 9.58. The van der Waals surface area contributed by atoms with Crippen molar-refractivity contribution in [3.05, 3.63) is 29.8 Å². The lowest BCUT2D eigenvalue weighted by Crippen LogP contribution is -2.11. The number of halogens is 1. The van der Waals surface area contributed by atoms with E-state index in [0.717, 1.165) is 24.8 Å². The first-order valence-electron chi connectivity index (χ1n) is 4.56. The fraction of sp³-hybridized carbons (Fsp3) is 0.500. The van der Waals surface area contributed by atoms with Crippen LogP contribution < -0.4 is 0 Å². The van der Waals surface area contributed by atoms with E-state index in [0.29, 0.717) is 0 Å². The largest absolute Gasteiger partial charge is 0.392 e. The zero-order valence-electron chi connectivity index (χ0n) is 7.28. The Morgan fingerprint density at radius 3 is 2.85 bits per heavy atom. The van der Waals surface area contributed by atoms with Crippen LogP contribution in [0.15, 0.2) is 18.5 Å². The van der Waals surface area contributed by atoms with Gasteiger partial charge in [0.2, 0.25) is 0 Å². The van der Waals surface area contributed by atoms with Gasteiger partial charge in [-0.2, -0.15) is 0 Å². The molecule has 3 heteroatoms. The minimum absolute atomic E-state index is 0.0863. The smallest absolute Gasteiger partial charge is 0.141 e.